The van der Waals surface area contributed by atoms with Gasteiger partial charge in [-0.25, -0.2) is 0 Å². The number of anilines is 1. The highest BCUT2D eigenvalue weighted by molar-refractivity contribution is 7.98. The third-order valence-corrected chi connectivity index (χ3v) is 3.10. The van der Waals surface area contributed by atoms with Crippen molar-refractivity contribution < 1.29 is 4.74 Å². The molecule has 0 aromatic heterocycles. The SMILES string of the molecule is COCCSCc1ccc(Cl)c(N)c1. The van der Waals surface area contributed by atoms with Gasteiger partial charge in [0.1, 0.15) is 0 Å². The van der Waals surface area contributed by atoms with E-state index < -0.39 is 0 Å². The van der Waals surface area contributed by atoms with Crippen molar-refractivity contribution in [3.63, 3.8) is 0 Å². The van der Waals surface area contributed by atoms with Crippen molar-refractivity contribution in [2.24, 2.45) is 0 Å². The number of thioether (sulfide) groups is 1. The average Bonchev–Trinajstić information content (AvgIpc) is 2.18. The van der Waals surface area contributed by atoms with Crippen LogP contribution in [0.4, 0.5) is 5.69 Å². The summed E-state index contributed by atoms with van der Waals surface area (Å²) < 4.78 is 4.96. The van der Waals surface area contributed by atoms with E-state index in [-0.39, 0.29) is 0 Å². The molecule has 1 rings (SSSR count). The Morgan fingerprint density at radius 1 is 1.50 bits per heavy atom. The minimum absolute atomic E-state index is 0.621. The standard InChI is InChI=1S/C10H14ClNOS/c1-13-4-5-14-7-8-2-3-9(11)10(12)6-8/h2-3,6H,4-5,7,12H2,1H3. The van der Waals surface area contributed by atoms with E-state index in [1.54, 1.807) is 7.11 Å². The van der Waals surface area contributed by atoms with E-state index in [0.29, 0.717) is 10.7 Å². The van der Waals surface area contributed by atoms with Gasteiger partial charge in [-0.15, -0.1) is 0 Å². The van der Waals surface area contributed by atoms with Crippen molar-refractivity contribution in [2.75, 3.05) is 25.2 Å². The van der Waals surface area contributed by atoms with E-state index >= 15 is 0 Å². The molecule has 14 heavy (non-hydrogen) atoms. The molecular weight excluding hydrogens is 218 g/mol. The molecule has 0 saturated heterocycles. The van der Waals surface area contributed by atoms with E-state index in [2.05, 4.69) is 0 Å². The third kappa shape index (κ3) is 3.78. The van der Waals surface area contributed by atoms with Gasteiger partial charge >= 0.3 is 0 Å². The molecule has 78 valence electrons. The normalized spacial score (nSPS) is 10.4. The van der Waals surface area contributed by atoms with E-state index in [4.69, 9.17) is 22.1 Å². The first-order valence-corrected chi connectivity index (χ1v) is 5.88. The number of ether oxygens (including phenoxy) is 1. The van der Waals surface area contributed by atoms with E-state index in [1.165, 1.54) is 5.56 Å². The van der Waals surface area contributed by atoms with Crippen LogP contribution in [-0.4, -0.2) is 19.5 Å². The van der Waals surface area contributed by atoms with Gasteiger partial charge in [-0.05, 0) is 17.7 Å². The molecule has 4 heteroatoms. The fourth-order valence-electron chi connectivity index (χ4n) is 1.02. The second-order valence-electron chi connectivity index (χ2n) is 2.90. The Morgan fingerprint density at radius 2 is 2.29 bits per heavy atom. The molecule has 0 heterocycles. The number of nitrogens with two attached hydrogens (primary N) is 1. The maximum Gasteiger partial charge on any atom is 0.0635 e. The molecule has 0 aliphatic heterocycles. The Bertz CT molecular complexity index is 293. The van der Waals surface area contributed by atoms with Crippen molar-refractivity contribution in [1.29, 1.82) is 0 Å². The number of rotatable bonds is 5. The Labute approximate surface area is 93.8 Å². The molecule has 0 amide bonds. The van der Waals surface area contributed by atoms with Crippen LogP contribution in [-0.2, 0) is 10.5 Å². The Balaban J connectivity index is 2.39. The van der Waals surface area contributed by atoms with Crippen LogP contribution in [0.3, 0.4) is 0 Å². The monoisotopic (exact) mass is 231 g/mol. The molecule has 0 radical (unpaired) electrons. The van der Waals surface area contributed by atoms with Crippen LogP contribution in [0.1, 0.15) is 5.56 Å². The van der Waals surface area contributed by atoms with Crippen molar-refractivity contribution in [3.05, 3.63) is 28.8 Å². The second kappa shape index (κ2) is 6.17. The fraction of sp³-hybridized carbons (Fsp3) is 0.400. The lowest BCUT2D eigenvalue weighted by molar-refractivity contribution is 0.218. The Morgan fingerprint density at radius 3 is 2.93 bits per heavy atom. The molecule has 1 aromatic carbocycles. The van der Waals surface area contributed by atoms with Gasteiger partial charge in [0.05, 0.1) is 17.3 Å². The van der Waals surface area contributed by atoms with Gasteiger partial charge in [0, 0.05) is 18.6 Å². The molecule has 0 saturated carbocycles. The van der Waals surface area contributed by atoms with E-state index in [0.717, 1.165) is 18.1 Å². The van der Waals surface area contributed by atoms with E-state index in [9.17, 15) is 0 Å². The summed E-state index contributed by atoms with van der Waals surface area (Å²) in [5.74, 6) is 1.95. The van der Waals surface area contributed by atoms with Crippen molar-refractivity contribution in [2.45, 2.75) is 5.75 Å². The van der Waals surface area contributed by atoms with Crippen LogP contribution in [0.2, 0.25) is 5.02 Å². The van der Waals surface area contributed by atoms with Crippen LogP contribution >= 0.6 is 23.4 Å². The highest BCUT2D eigenvalue weighted by Gasteiger charge is 1.98. The lowest BCUT2D eigenvalue weighted by Crippen LogP contribution is -1.93. The summed E-state index contributed by atoms with van der Waals surface area (Å²) in [6.07, 6.45) is 0. The molecule has 0 bridgehead atoms. The third-order valence-electron chi connectivity index (χ3n) is 1.76. The lowest BCUT2D eigenvalue weighted by atomic mass is 10.2. The van der Waals surface area contributed by atoms with Gasteiger partial charge < -0.3 is 10.5 Å². The summed E-state index contributed by atoms with van der Waals surface area (Å²) in [5, 5.41) is 0.621. The molecule has 0 aliphatic rings. The maximum absolute atomic E-state index is 5.81. The number of halogens is 1. The molecule has 0 unspecified atom stereocenters. The predicted molar refractivity (Wildman–Crippen MR) is 63.9 cm³/mol. The zero-order chi connectivity index (χ0) is 10.4. The molecular formula is C10H14ClNOS. The van der Waals surface area contributed by atoms with Crippen LogP contribution < -0.4 is 5.73 Å². The lowest BCUT2D eigenvalue weighted by Gasteiger charge is -2.03. The van der Waals surface area contributed by atoms with E-state index in [1.807, 2.05) is 30.0 Å². The zero-order valence-electron chi connectivity index (χ0n) is 8.13. The topological polar surface area (TPSA) is 35.2 Å². The molecule has 0 atom stereocenters. The predicted octanol–water partition coefficient (Wildman–Crippen LogP) is 2.80. The van der Waals surface area contributed by atoms with Crippen LogP contribution in [0.25, 0.3) is 0 Å². The summed E-state index contributed by atoms with van der Waals surface area (Å²) in [6.45, 7) is 0.785. The molecule has 1 aromatic rings. The maximum atomic E-state index is 5.81. The minimum atomic E-state index is 0.621. The second-order valence-corrected chi connectivity index (χ2v) is 4.41. The van der Waals surface area contributed by atoms with Gasteiger partial charge in [0.15, 0.2) is 0 Å². The Hall–Kier alpha value is -0.380. The van der Waals surface area contributed by atoms with Gasteiger partial charge in [-0.1, -0.05) is 17.7 Å². The number of nitrogen functional groups attached to an aromatic ring is 1. The van der Waals surface area contributed by atoms with Gasteiger partial charge in [-0.2, -0.15) is 11.8 Å². The molecule has 2 nitrogen and oxygen atoms in total. The van der Waals surface area contributed by atoms with Gasteiger partial charge in [0.25, 0.3) is 0 Å². The summed E-state index contributed by atoms with van der Waals surface area (Å²) in [7, 11) is 1.71. The number of hydrogen-bond acceptors (Lipinski definition) is 3. The summed E-state index contributed by atoms with van der Waals surface area (Å²) in [6, 6.07) is 5.75. The molecule has 0 fully saturated rings. The Kier molecular flexibility index (Phi) is 5.15. The van der Waals surface area contributed by atoms with Gasteiger partial charge in [0.2, 0.25) is 0 Å². The highest BCUT2D eigenvalue weighted by atomic mass is 35.5. The fourth-order valence-corrected chi connectivity index (χ4v) is 1.98. The zero-order valence-corrected chi connectivity index (χ0v) is 9.70. The number of hydrogen-bond donors (Lipinski definition) is 1. The van der Waals surface area contributed by atoms with Crippen LogP contribution in [0, 0.1) is 0 Å². The van der Waals surface area contributed by atoms with Crippen molar-refractivity contribution in [3.8, 4) is 0 Å². The minimum Gasteiger partial charge on any atom is -0.398 e. The van der Waals surface area contributed by atoms with Gasteiger partial charge in [-0.3, -0.25) is 0 Å². The molecule has 0 aliphatic carbocycles. The molecule has 2 N–H and O–H groups in total. The quantitative estimate of drug-likeness (QED) is 0.625. The summed E-state index contributed by atoms with van der Waals surface area (Å²) in [5.41, 5.74) is 7.54. The summed E-state index contributed by atoms with van der Waals surface area (Å²) >= 11 is 7.63. The first-order chi connectivity index (χ1) is 6.74. The first kappa shape index (κ1) is 11.7. The van der Waals surface area contributed by atoms with Crippen LogP contribution in [0.15, 0.2) is 18.2 Å². The van der Waals surface area contributed by atoms with Crippen molar-refractivity contribution in [1.82, 2.24) is 0 Å². The largest absolute Gasteiger partial charge is 0.398 e. The van der Waals surface area contributed by atoms with Crippen LogP contribution in [0.5, 0.6) is 0 Å². The molecule has 0 spiro atoms. The smallest absolute Gasteiger partial charge is 0.0635 e. The number of methoxy groups -OCH3 is 1. The van der Waals surface area contributed by atoms with Crippen molar-refractivity contribution >= 4 is 29.1 Å². The average molecular weight is 232 g/mol. The number of benzene rings is 1. The summed E-state index contributed by atoms with van der Waals surface area (Å²) in [4.78, 5) is 0. The first-order valence-electron chi connectivity index (χ1n) is 4.34. The highest BCUT2D eigenvalue weighted by Crippen LogP contribution is 2.22.